The van der Waals surface area contributed by atoms with Gasteiger partial charge in [-0.15, -0.1) is 0 Å². The molecule has 0 aliphatic heterocycles. The highest BCUT2D eigenvalue weighted by Gasteiger charge is 2.20. The Morgan fingerprint density at radius 3 is 2.75 bits per heavy atom. The van der Waals surface area contributed by atoms with Crippen LogP contribution in [0.25, 0.3) is 0 Å². The van der Waals surface area contributed by atoms with Crippen molar-refractivity contribution in [3.05, 3.63) is 18.2 Å². The average Bonchev–Trinajstić information content (AvgIpc) is 3.18. The Morgan fingerprint density at radius 1 is 1.35 bits per heavy atom. The van der Waals surface area contributed by atoms with Gasteiger partial charge in [0.15, 0.2) is 0 Å². The van der Waals surface area contributed by atoms with Gasteiger partial charge in [-0.05, 0) is 43.4 Å². The SMILES string of the molecule is Nc1ccc(S(N)(=O)=O)cc1NCCCOCC1CC1. The van der Waals surface area contributed by atoms with Crippen molar-refractivity contribution < 1.29 is 13.2 Å². The van der Waals surface area contributed by atoms with Crippen molar-refractivity contribution in [1.29, 1.82) is 0 Å². The molecule has 0 radical (unpaired) electrons. The average molecular weight is 299 g/mol. The van der Waals surface area contributed by atoms with E-state index >= 15 is 0 Å². The van der Waals surface area contributed by atoms with Crippen LogP contribution in [0.1, 0.15) is 19.3 Å². The van der Waals surface area contributed by atoms with Gasteiger partial charge in [0.25, 0.3) is 0 Å². The van der Waals surface area contributed by atoms with E-state index in [0.29, 0.717) is 24.5 Å². The standard InChI is InChI=1S/C13H21N3O3S/c14-12-5-4-11(20(15,17)18)8-13(12)16-6-1-7-19-9-10-2-3-10/h4-5,8,10,16H,1-3,6-7,9,14H2,(H2,15,17,18). The van der Waals surface area contributed by atoms with Crippen LogP contribution in [0, 0.1) is 5.92 Å². The van der Waals surface area contributed by atoms with Gasteiger partial charge in [0.2, 0.25) is 10.0 Å². The molecule has 0 amide bonds. The first-order valence-electron chi connectivity index (χ1n) is 6.71. The molecule has 1 aliphatic carbocycles. The number of sulfonamides is 1. The summed E-state index contributed by atoms with van der Waals surface area (Å²) in [5, 5.41) is 8.19. The fourth-order valence-corrected chi connectivity index (χ4v) is 2.34. The summed E-state index contributed by atoms with van der Waals surface area (Å²) in [6, 6.07) is 4.38. The van der Waals surface area contributed by atoms with Gasteiger partial charge in [0.1, 0.15) is 0 Å². The number of nitrogens with one attached hydrogen (secondary N) is 1. The lowest BCUT2D eigenvalue weighted by atomic mass is 10.2. The van der Waals surface area contributed by atoms with Crippen LogP contribution in [0.4, 0.5) is 11.4 Å². The summed E-state index contributed by atoms with van der Waals surface area (Å²) in [6.45, 7) is 2.21. The molecule has 20 heavy (non-hydrogen) atoms. The van der Waals surface area contributed by atoms with Crippen LogP contribution in [0.2, 0.25) is 0 Å². The van der Waals surface area contributed by atoms with Crippen LogP contribution in [0.15, 0.2) is 23.1 Å². The van der Waals surface area contributed by atoms with E-state index in [1.165, 1.54) is 31.0 Å². The number of benzene rings is 1. The number of hydrogen-bond donors (Lipinski definition) is 3. The minimum atomic E-state index is -3.70. The topological polar surface area (TPSA) is 107 Å². The van der Waals surface area contributed by atoms with Gasteiger partial charge >= 0.3 is 0 Å². The highest BCUT2D eigenvalue weighted by atomic mass is 32.2. The zero-order chi connectivity index (χ0) is 14.6. The number of anilines is 2. The van der Waals surface area contributed by atoms with E-state index in [-0.39, 0.29) is 4.90 Å². The lowest BCUT2D eigenvalue weighted by Gasteiger charge is -2.11. The van der Waals surface area contributed by atoms with Gasteiger partial charge < -0.3 is 15.8 Å². The Morgan fingerprint density at radius 2 is 2.10 bits per heavy atom. The van der Waals surface area contributed by atoms with E-state index in [4.69, 9.17) is 15.6 Å². The maximum Gasteiger partial charge on any atom is 0.238 e. The summed E-state index contributed by atoms with van der Waals surface area (Å²) in [4.78, 5) is 0.0548. The second-order valence-electron chi connectivity index (χ2n) is 5.09. The maximum absolute atomic E-state index is 11.3. The van der Waals surface area contributed by atoms with Crippen molar-refractivity contribution in [3.8, 4) is 0 Å². The lowest BCUT2D eigenvalue weighted by Crippen LogP contribution is -2.13. The number of primary sulfonamides is 1. The van der Waals surface area contributed by atoms with E-state index in [1.54, 1.807) is 0 Å². The first-order valence-corrected chi connectivity index (χ1v) is 8.25. The first-order chi connectivity index (χ1) is 9.47. The molecule has 1 aromatic rings. The predicted octanol–water partition coefficient (Wildman–Crippen LogP) is 1.14. The van der Waals surface area contributed by atoms with Gasteiger partial charge in [0, 0.05) is 19.8 Å². The smallest absolute Gasteiger partial charge is 0.238 e. The van der Waals surface area contributed by atoms with Gasteiger partial charge in [-0.2, -0.15) is 0 Å². The highest BCUT2D eigenvalue weighted by molar-refractivity contribution is 7.89. The molecule has 1 saturated carbocycles. The molecule has 0 bridgehead atoms. The summed E-state index contributed by atoms with van der Waals surface area (Å²) in [5.74, 6) is 0.769. The Bertz CT molecular complexity index is 556. The molecule has 0 spiro atoms. The molecule has 0 saturated heterocycles. The number of hydrogen-bond acceptors (Lipinski definition) is 5. The monoisotopic (exact) mass is 299 g/mol. The molecule has 6 nitrogen and oxygen atoms in total. The molecule has 0 unspecified atom stereocenters. The van der Waals surface area contributed by atoms with Crippen LogP contribution in [-0.4, -0.2) is 28.2 Å². The Balaban J connectivity index is 1.78. The van der Waals surface area contributed by atoms with E-state index in [9.17, 15) is 8.42 Å². The Hall–Kier alpha value is -1.31. The van der Waals surface area contributed by atoms with E-state index in [0.717, 1.165) is 18.9 Å². The van der Waals surface area contributed by atoms with Crippen LogP contribution in [0.5, 0.6) is 0 Å². The van der Waals surface area contributed by atoms with Crippen molar-refractivity contribution in [3.63, 3.8) is 0 Å². The molecule has 1 fully saturated rings. The number of rotatable bonds is 8. The molecule has 7 heteroatoms. The maximum atomic E-state index is 11.3. The molecule has 5 N–H and O–H groups in total. The van der Waals surface area contributed by atoms with Gasteiger partial charge in [-0.3, -0.25) is 0 Å². The summed E-state index contributed by atoms with van der Waals surface area (Å²) >= 11 is 0. The fraction of sp³-hybridized carbons (Fsp3) is 0.538. The second-order valence-corrected chi connectivity index (χ2v) is 6.65. The zero-order valence-corrected chi connectivity index (χ0v) is 12.2. The van der Waals surface area contributed by atoms with E-state index in [2.05, 4.69) is 5.32 Å². The van der Waals surface area contributed by atoms with Crippen LogP contribution < -0.4 is 16.2 Å². The van der Waals surface area contributed by atoms with E-state index in [1.807, 2.05) is 0 Å². The van der Waals surface area contributed by atoms with Gasteiger partial charge in [0.05, 0.1) is 16.3 Å². The number of nitrogens with two attached hydrogens (primary N) is 2. The highest BCUT2D eigenvalue weighted by Crippen LogP contribution is 2.28. The predicted molar refractivity (Wildman–Crippen MR) is 78.9 cm³/mol. The molecular weight excluding hydrogens is 278 g/mol. The minimum absolute atomic E-state index is 0.0548. The number of ether oxygens (including phenoxy) is 1. The second kappa shape index (κ2) is 6.43. The summed E-state index contributed by atoms with van der Waals surface area (Å²) in [5.41, 5.74) is 6.87. The molecule has 0 heterocycles. The third-order valence-electron chi connectivity index (χ3n) is 3.18. The third-order valence-corrected chi connectivity index (χ3v) is 4.10. The van der Waals surface area contributed by atoms with Crippen molar-refractivity contribution in [2.24, 2.45) is 11.1 Å². The molecule has 0 atom stereocenters. The van der Waals surface area contributed by atoms with Gasteiger partial charge in [-0.1, -0.05) is 0 Å². The molecule has 2 rings (SSSR count). The lowest BCUT2D eigenvalue weighted by molar-refractivity contribution is 0.124. The third kappa shape index (κ3) is 4.66. The zero-order valence-electron chi connectivity index (χ0n) is 11.3. The normalized spacial score (nSPS) is 15.2. The van der Waals surface area contributed by atoms with E-state index < -0.39 is 10.0 Å². The van der Waals surface area contributed by atoms with Crippen LogP contribution in [0.3, 0.4) is 0 Å². The first kappa shape index (κ1) is 15.1. The molecule has 1 aromatic carbocycles. The fourth-order valence-electron chi connectivity index (χ4n) is 1.80. The Labute approximate surface area is 119 Å². The quantitative estimate of drug-likeness (QED) is 0.493. The van der Waals surface area contributed by atoms with Crippen molar-refractivity contribution >= 4 is 21.4 Å². The molecule has 1 aliphatic rings. The van der Waals surface area contributed by atoms with Crippen LogP contribution in [-0.2, 0) is 14.8 Å². The minimum Gasteiger partial charge on any atom is -0.397 e. The molecule has 112 valence electrons. The van der Waals surface area contributed by atoms with Crippen molar-refractivity contribution in [2.75, 3.05) is 30.8 Å². The largest absolute Gasteiger partial charge is 0.397 e. The van der Waals surface area contributed by atoms with Crippen molar-refractivity contribution in [2.45, 2.75) is 24.2 Å². The Kier molecular flexibility index (Phi) is 4.85. The van der Waals surface area contributed by atoms with Crippen LogP contribution >= 0.6 is 0 Å². The summed E-state index contributed by atoms with van der Waals surface area (Å²) in [7, 11) is -3.70. The summed E-state index contributed by atoms with van der Waals surface area (Å²) < 4.78 is 28.1. The molecular formula is C13H21N3O3S. The molecule has 0 aromatic heterocycles. The van der Waals surface area contributed by atoms with Crippen molar-refractivity contribution in [1.82, 2.24) is 0 Å². The van der Waals surface area contributed by atoms with Gasteiger partial charge in [-0.25, -0.2) is 13.6 Å². The summed E-state index contributed by atoms with van der Waals surface area (Å²) in [6.07, 6.45) is 3.41. The number of nitrogen functional groups attached to an aromatic ring is 1.